The lowest BCUT2D eigenvalue weighted by Gasteiger charge is -2.33. The SMILES string of the molecule is COC(=O)C(c1ccc(Cl)cc1Br)N1CCNCC1. The first-order valence-corrected chi connectivity index (χ1v) is 7.28. The summed E-state index contributed by atoms with van der Waals surface area (Å²) in [6.45, 7) is 3.38. The molecule has 0 saturated carbocycles. The third kappa shape index (κ3) is 3.48. The topological polar surface area (TPSA) is 41.6 Å². The normalized spacial score (nSPS) is 18.1. The molecule has 0 spiro atoms. The lowest BCUT2D eigenvalue weighted by Crippen LogP contribution is -2.47. The molecule has 1 N–H and O–H groups in total. The minimum absolute atomic E-state index is 0.245. The molecule has 1 aliphatic rings. The molecular formula is C13H16BrClN2O2. The van der Waals surface area contributed by atoms with Gasteiger partial charge in [-0.25, -0.2) is 4.79 Å². The van der Waals surface area contributed by atoms with Crippen LogP contribution in [0.15, 0.2) is 22.7 Å². The van der Waals surface area contributed by atoms with Crippen molar-refractivity contribution in [2.24, 2.45) is 0 Å². The fraction of sp³-hybridized carbons (Fsp3) is 0.462. The molecule has 1 unspecified atom stereocenters. The van der Waals surface area contributed by atoms with Crippen LogP contribution < -0.4 is 5.32 Å². The van der Waals surface area contributed by atoms with Crippen LogP contribution in [0.25, 0.3) is 0 Å². The summed E-state index contributed by atoms with van der Waals surface area (Å²) in [6, 6.07) is 5.07. The summed E-state index contributed by atoms with van der Waals surface area (Å²) in [6.07, 6.45) is 0. The lowest BCUT2D eigenvalue weighted by molar-refractivity contribution is -0.147. The second kappa shape index (κ2) is 6.70. The Morgan fingerprint density at radius 2 is 2.16 bits per heavy atom. The van der Waals surface area contributed by atoms with Crippen LogP contribution in [-0.2, 0) is 9.53 Å². The molecule has 1 aromatic rings. The van der Waals surface area contributed by atoms with Crippen LogP contribution >= 0.6 is 27.5 Å². The zero-order valence-corrected chi connectivity index (χ0v) is 13.0. The van der Waals surface area contributed by atoms with Crippen molar-refractivity contribution in [3.8, 4) is 0 Å². The van der Waals surface area contributed by atoms with E-state index in [0.29, 0.717) is 5.02 Å². The number of hydrogen-bond donors (Lipinski definition) is 1. The molecule has 1 atom stereocenters. The number of nitrogens with one attached hydrogen (secondary N) is 1. The number of rotatable bonds is 3. The molecule has 1 saturated heterocycles. The Hall–Kier alpha value is -0.620. The molecular weight excluding hydrogens is 332 g/mol. The van der Waals surface area contributed by atoms with Gasteiger partial charge in [-0.2, -0.15) is 0 Å². The number of halogens is 2. The van der Waals surface area contributed by atoms with Crippen LogP contribution in [0.4, 0.5) is 0 Å². The van der Waals surface area contributed by atoms with Crippen LogP contribution in [0.1, 0.15) is 11.6 Å². The van der Waals surface area contributed by atoms with Crippen molar-refractivity contribution in [2.45, 2.75) is 6.04 Å². The van der Waals surface area contributed by atoms with Crippen LogP contribution in [0.3, 0.4) is 0 Å². The Morgan fingerprint density at radius 1 is 1.47 bits per heavy atom. The summed E-state index contributed by atoms with van der Waals surface area (Å²) in [5.41, 5.74) is 0.887. The van der Waals surface area contributed by atoms with Gasteiger partial charge in [-0.05, 0) is 17.7 Å². The minimum Gasteiger partial charge on any atom is -0.468 e. The van der Waals surface area contributed by atoms with Gasteiger partial charge in [0.25, 0.3) is 0 Å². The molecule has 1 fully saturated rings. The van der Waals surface area contributed by atoms with Crippen LogP contribution in [0, 0.1) is 0 Å². The van der Waals surface area contributed by atoms with Gasteiger partial charge in [0.1, 0.15) is 6.04 Å². The fourth-order valence-corrected chi connectivity index (χ4v) is 3.15. The van der Waals surface area contributed by atoms with Crippen molar-refractivity contribution in [1.29, 1.82) is 0 Å². The van der Waals surface area contributed by atoms with Crippen LogP contribution in [0.5, 0.6) is 0 Å². The Kier molecular flexibility index (Phi) is 5.21. The molecule has 0 amide bonds. The average Bonchev–Trinajstić information content (AvgIpc) is 2.42. The van der Waals surface area contributed by atoms with E-state index in [-0.39, 0.29) is 5.97 Å². The van der Waals surface area contributed by atoms with Gasteiger partial charge < -0.3 is 10.1 Å². The van der Waals surface area contributed by atoms with Gasteiger partial charge in [0, 0.05) is 35.7 Å². The molecule has 0 aliphatic carbocycles. The van der Waals surface area contributed by atoms with Crippen LogP contribution in [-0.4, -0.2) is 44.2 Å². The summed E-state index contributed by atoms with van der Waals surface area (Å²) >= 11 is 9.43. The zero-order valence-electron chi connectivity index (χ0n) is 10.7. The first-order chi connectivity index (χ1) is 9.13. The van der Waals surface area contributed by atoms with E-state index in [2.05, 4.69) is 26.1 Å². The number of piperazine rings is 1. The third-order valence-corrected chi connectivity index (χ3v) is 4.12. The Labute approximate surface area is 126 Å². The Morgan fingerprint density at radius 3 is 2.74 bits per heavy atom. The van der Waals surface area contributed by atoms with E-state index >= 15 is 0 Å². The van der Waals surface area contributed by atoms with Gasteiger partial charge in [-0.3, -0.25) is 4.90 Å². The van der Waals surface area contributed by atoms with Crippen molar-refractivity contribution in [3.63, 3.8) is 0 Å². The molecule has 2 rings (SSSR count). The quantitative estimate of drug-likeness (QED) is 0.851. The largest absolute Gasteiger partial charge is 0.468 e. The number of ether oxygens (including phenoxy) is 1. The van der Waals surface area contributed by atoms with Crippen LogP contribution in [0.2, 0.25) is 5.02 Å². The summed E-state index contributed by atoms with van der Waals surface area (Å²) in [7, 11) is 1.42. The molecule has 104 valence electrons. The number of nitrogens with zero attached hydrogens (tertiary/aromatic N) is 1. The fourth-order valence-electron chi connectivity index (χ4n) is 2.25. The van der Waals surface area contributed by atoms with Gasteiger partial charge in [0.15, 0.2) is 0 Å². The molecule has 1 heterocycles. The van der Waals surface area contributed by atoms with E-state index in [1.807, 2.05) is 6.07 Å². The maximum absolute atomic E-state index is 12.1. The third-order valence-electron chi connectivity index (χ3n) is 3.20. The maximum Gasteiger partial charge on any atom is 0.327 e. The van der Waals surface area contributed by atoms with Crippen molar-refractivity contribution >= 4 is 33.5 Å². The molecule has 1 aromatic carbocycles. The van der Waals surface area contributed by atoms with E-state index in [1.165, 1.54) is 7.11 Å². The summed E-state index contributed by atoms with van der Waals surface area (Å²) < 4.78 is 5.78. The summed E-state index contributed by atoms with van der Waals surface area (Å²) in [5, 5.41) is 3.91. The van der Waals surface area contributed by atoms with Gasteiger partial charge in [0.2, 0.25) is 0 Å². The second-order valence-corrected chi connectivity index (χ2v) is 5.67. The summed E-state index contributed by atoms with van der Waals surface area (Å²) in [5.74, 6) is -0.245. The first-order valence-electron chi connectivity index (χ1n) is 6.11. The van der Waals surface area contributed by atoms with E-state index in [4.69, 9.17) is 16.3 Å². The molecule has 4 nitrogen and oxygen atoms in total. The molecule has 6 heteroatoms. The highest BCUT2D eigenvalue weighted by atomic mass is 79.9. The number of hydrogen-bond acceptors (Lipinski definition) is 4. The van der Waals surface area contributed by atoms with E-state index in [0.717, 1.165) is 36.2 Å². The lowest BCUT2D eigenvalue weighted by atomic mass is 10.0. The Balaban J connectivity index is 2.33. The number of esters is 1. The van der Waals surface area contributed by atoms with Gasteiger partial charge in [-0.15, -0.1) is 0 Å². The highest BCUT2D eigenvalue weighted by Gasteiger charge is 2.30. The Bertz CT molecular complexity index is 464. The van der Waals surface area contributed by atoms with E-state index in [1.54, 1.807) is 12.1 Å². The zero-order chi connectivity index (χ0) is 13.8. The highest BCUT2D eigenvalue weighted by Crippen LogP contribution is 2.31. The van der Waals surface area contributed by atoms with Gasteiger partial charge >= 0.3 is 5.97 Å². The predicted octanol–water partition coefficient (Wildman–Crippen LogP) is 2.22. The monoisotopic (exact) mass is 346 g/mol. The maximum atomic E-state index is 12.1. The number of carbonyl (C=O) groups excluding carboxylic acids is 1. The van der Waals surface area contributed by atoms with Gasteiger partial charge in [-0.1, -0.05) is 33.6 Å². The molecule has 0 aromatic heterocycles. The van der Waals surface area contributed by atoms with Crippen molar-refractivity contribution in [3.05, 3.63) is 33.3 Å². The number of methoxy groups -OCH3 is 1. The van der Waals surface area contributed by atoms with E-state index in [9.17, 15) is 4.79 Å². The summed E-state index contributed by atoms with van der Waals surface area (Å²) in [4.78, 5) is 14.2. The predicted molar refractivity (Wildman–Crippen MR) is 78.4 cm³/mol. The first kappa shape index (κ1) is 14.8. The molecule has 0 bridgehead atoms. The molecule has 19 heavy (non-hydrogen) atoms. The number of carbonyl (C=O) groups is 1. The van der Waals surface area contributed by atoms with Crippen molar-refractivity contribution in [2.75, 3.05) is 33.3 Å². The minimum atomic E-state index is -0.390. The average molecular weight is 348 g/mol. The number of benzene rings is 1. The van der Waals surface area contributed by atoms with Gasteiger partial charge in [0.05, 0.1) is 7.11 Å². The smallest absolute Gasteiger partial charge is 0.327 e. The van der Waals surface area contributed by atoms with Crippen molar-refractivity contribution in [1.82, 2.24) is 10.2 Å². The highest BCUT2D eigenvalue weighted by molar-refractivity contribution is 9.10. The van der Waals surface area contributed by atoms with E-state index < -0.39 is 6.04 Å². The molecule has 0 radical (unpaired) electrons. The van der Waals surface area contributed by atoms with Crippen molar-refractivity contribution < 1.29 is 9.53 Å². The molecule has 1 aliphatic heterocycles. The standard InChI is InChI=1S/C13H16BrClN2O2/c1-19-13(18)12(17-6-4-16-5-7-17)10-3-2-9(15)8-11(10)14/h2-3,8,12,16H,4-7H2,1H3. The second-order valence-electron chi connectivity index (χ2n) is 4.38.